The normalized spacial score (nSPS) is 18.5. The van der Waals surface area contributed by atoms with Crippen LogP contribution in [0.1, 0.15) is 18.4 Å². The van der Waals surface area contributed by atoms with Crippen molar-refractivity contribution in [1.82, 2.24) is 9.88 Å². The molecule has 1 aromatic heterocycles. The highest BCUT2D eigenvalue weighted by molar-refractivity contribution is 5.85. The number of hydrogen-bond acceptors (Lipinski definition) is 2. The molecule has 3 aliphatic heterocycles. The molecule has 1 saturated heterocycles. The van der Waals surface area contributed by atoms with Gasteiger partial charge in [-0.25, -0.2) is 0 Å². The summed E-state index contributed by atoms with van der Waals surface area (Å²) in [5.74, 6) is 0.794. The van der Waals surface area contributed by atoms with E-state index in [0.29, 0.717) is 0 Å². The average molecular weight is 259 g/mol. The molecular formula is C12H16Cl2N2. The summed E-state index contributed by atoms with van der Waals surface area (Å²) in [4.78, 5) is 6.50. The summed E-state index contributed by atoms with van der Waals surface area (Å²) in [5, 5.41) is 0. The van der Waals surface area contributed by atoms with Crippen molar-refractivity contribution in [2.24, 2.45) is 5.92 Å². The Morgan fingerprint density at radius 3 is 2.19 bits per heavy atom. The van der Waals surface area contributed by atoms with Crippen LogP contribution in [0.15, 0.2) is 30.7 Å². The van der Waals surface area contributed by atoms with Gasteiger partial charge in [0.1, 0.15) is 0 Å². The molecule has 2 nitrogen and oxygen atoms in total. The van der Waals surface area contributed by atoms with Crippen molar-refractivity contribution in [3.05, 3.63) is 36.3 Å². The Hall–Kier alpha value is -0.730. The van der Waals surface area contributed by atoms with Crippen LogP contribution < -0.4 is 0 Å². The highest BCUT2D eigenvalue weighted by atomic mass is 35.5. The zero-order valence-electron chi connectivity index (χ0n) is 9.00. The van der Waals surface area contributed by atoms with Crippen molar-refractivity contribution in [2.45, 2.75) is 12.8 Å². The summed E-state index contributed by atoms with van der Waals surface area (Å²) >= 11 is 0. The predicted octanol–water partition coefficient (Wildman–Crippen LogP) is 2.99. The Bertz CT molecular complexity index is 357. The van der Waals surface area contributed by atoms with Crippen molar-refractivity contribution in [2.75, 3.05) is 13.1 Å². The van der Waals surface area contributed by atoms with Gasteiger partial charge in [-0.1, -0.05) is 0 Å². The Morgan fingerprint density at radius 2 is 1.69 bits per heavy atom. The fourth-order valence-corrected chi connectivity index (χ4v) is 2.50. The zero-order chi connectivity index (χ0) is 9.38. The van der Waals surface area contributed by atoms with Gasteiger partial charge in [0.2, 0.25) is 0 Å². The van der Waals surface area contributed by atoms with Gasteiger partial charge in [0.15, 0.2) is 0 Å². The van der Waals surface area contributed by atoms with Gasteiger partial charge >= 0.3 is 0 Å². The molecule has 88 valence electrons. The minimum Gasteiger partial charge on any atom is -0.377 e. The Balaban J connectivity index is 0.000000640. The Morgan fingerprint density at radius 1 is 1.06 bits per heavy atom. The monoisotopic (exact) mass is 258 g/mol. The Labute approximate surface area is 109 Å². The maximum atomic E-state index is 4.06. The smallest absolute Gasteiger partial charge is 0.0273 e. The quantitative estimate of drug-likeness (QED) is 0.770. The first-order chi connectivity index (χ1) is 6.93. The van der Waals surface area contributed by atoms with E-state index in [1.54, 1.807) is 0 Å². The molecule has 4 heteroatoms. The van der Waals surface area contributed by atoms with E-state index in [0.717, 1.165) is 5.92 Å². The van der Waals surface area contributed by atoms with Gasteiger partial charge in [-0.05, 0) is 42.0 Å². The fraction of sp³-hybridized carbons (Fsp3) is 0.417. The number of pyridine rings is 1. The summed E-state index contributed by atoms with van der Waals surface area (Å²) < 4.78 is 0. The van der Waals surface area contributed by atoms with Crippen LogP contribution in [0.25, 0.3) is 5.57 Å². The number of aromatic nitrogens is 1. The van der Waals surface area contributed by atoms with E-state index in [1.165, 1.54) is 37.1 Å². The topological polar surface area (TPSA) is 16.1 Å². The molecule has 2 bridgehead atoms. The van der Waals surface area contributed by atoms with Crippen molar-refractivity contribution in [3.63, 3.8) is 0 Å². The van der Waals surface area contributed by atoms with Crippen molar-refractivity contribution in [3.8, 4) is 0 Å². The van der Waals surface area contributed by atoms with Crippen molar-refractivity contribution in [1.29, 1.82) is 0 Å². The number of rotatable bonds is 1. The standard InChI is InChI=1S/C12H14N2.2ClH/c1-5-13-6-2-10(1)12-9-14-7-3-11(12)4-8-14;;/h1-2,5-6,9,11H,3-4,7-8H2;2*1H. The molecule has 0 spiro atoms. The van der Waals surface area contributed by atoms with Crippen LogP contribution >= 0.6 is 24.8 Å². The van der Waals surface area contributed by atoms with E-state index in [2.05, 4.69) is 28.2 Å². The van der Waals surface area contributed by atoms with Crippen LogP contribution in [0.3, 0.4) is 0 Å². The van der Waals surface area contributed by atoms with Gasteiger partial charge in [-0.3, -0.25) is 4.98 Å². The van der Waals surface area contributed by atoms with E-state index in [9.17, 15) is 0 Å². The largest absolute Gasteiger partial charge is 0.377 e. The van der Waals surface area contributed by atoms with Crippen LogP contribution in [-0.2, 0) is 0 Å². The van der Waals surface area contributed by atoms with Gasteiger partial charge in [0, 0.05) is 31.7 Å². The molecule has 0 radical (unpaired) electrons. The van der Waals surface area contributed by atoms with Gasteiger partial charge in [-0.15, -0.1) is 24.8 Å². The number of fused-ring (bicyclic) bond motifs is 2. The number of hydrogen-bond donors (Lipinski definition) is 0. The second-order valence-electron chi connectivity index (χ2n) is 4.13. The molecule has 4 rings (SSSR count). The van der Waals surface area contributed by atoms with E-state index in [4.69, 9.17) is 0 Å². The van der Waals surface area contributed by atoms with Crippen LogP contribution in [0, 0.1) is 5.92 Å². The lowest BCUT2D eigenvalue weighted by molar-refractivity contribution is 0.252. The molecule has 0 N–H and O–H groups in total. The third kappa shape index (κ3) is 2.33. The van der Waals surface area contributed by atoms with Crippen LogP contribution in [-0.4, -0.2) is 23.0 Å². The molecule has 1 aromatic rings. The van der Waals surface area contributed by atoms with Crippen LogP contribution in [0.5, 0.6) is 0 Å². The lowest BCUT2D eigenvalue weighted by atomic mass is 9.83. The third-order valence-electron chi connectivity index (χ3n) is 3.30. The number of piperidine rings is 1. The first-order valence-electron chi connectivity index (χ1n) is 5.29. The zero-order valence-corrected chi connectivity index (χ0v) is 10.6. The van der Waals surface area contributed by atoms with Crippen LogP contribution in [0.2, 0.25) is 0 Å². The first kappa shape index (κ1) is 13.3. The van der Waals surface area contributed by atoms with E-state index in [-0.39, 0.29) is 24.8 Å². The maximum Gasteiger partial charge on any atom is 0.0273 e. The lowest BCUT2D eigenvalue weighted by Gasteiger charge is -2.39. The summed E-state index contributed by atoms with van der Waals surface area (Å²) in [5.41, 5.74) is 2.87. The Kier molecular flexibility index (Phi) is 4.63. The van der Waals surface area contributed by atoms with Gasteiger partial charge in [0.05, 0.1) is 0 Å². The van der Waals surface area contributed by atoms with Crippen LogP contribution in [0.4, 0.5) is 0 Å². The molecule has 4 heterocycles. The summed E-state index contributed by atoms with van der Waals surface area (Å²) in [6.45, 7) is 2.50. The summed E-state index contributed by atoms with van der Waals surface area (Å²) in [6, 6.07) is 4.24. The molecule has 3 aliphatic rings. The van der Waals surface area contributed by atoms with E-state index < -0.39 is 0 Å². The minimum atomic E-state index is 0. The number of allylic oxidation sites excluding steroid dienone is 1. The van der Waals surface area contributed by atoms with E-state index in [1.807, 2.05) is 12.4 Å². The second kappa shape index (κ2) is 5.55. The van der Waals surface area contributed by atoms with Crippen molar-refractivity contribution >= 4 is 30.4 Å². The van der Waals surface area contributed by atoms with E-state index >= 15 is 0 Å². The minimum absolute atomic E-state index is 0. The number of halogens is 2. The first-order valence-corrected chi connectivity index (χ1v) is 5.29. The van der Waals surface area contributed by atoms with Gasteiger partial charge in [0.25, 0.3) is 0 Å². The molecule has 16 heavy (non-hydrogen) atoms. The highest BCUT2D eigenvalue weighted by Gasteiger charge is 2.27. The molecule has 1 fully saturated rings. The predicted molar refractivity (Wildman–Crippen MR) is 71.0 cm³/mol. The molecule has 0 atom stereocenters. The second-order valence-corrected chi connectivity index (χ2v) is 4.13. The molecule has 0 unspecified atom stereocenters. The molecule has 0 aromatic carbocycles. The molecule has 0 amide bonds. The van der Waals surface area contributed by atoms with Crippen molar-refractivity contribution < 1.29 is 0 Å². The number of nitrogens with zero attached hydrogens (tertiary/aromatic N) is 2. The van der Waals surface area contributed by atoms with Gasteiger partial charge in [-0.2, -0.15) is 0 Å². The average Bonchev–Trinajstić information content (AvgIpc) is 2.32. The maximum absolute atomic E-state index is 4.06. The summed E-state index contributed by atoms with van der Waals surface area (Å²) in [6.07, 6.45) is 8.76. The fourth-order valence-electron chi connectivity index (χ4n) is 2.50. The molecule has 0 aliphatic carbocycles. The van der Waals surface area contributed by atoms with Gasteiger partial charge < -0.3 is 4.90 Å². The molecular weight excluding hydrogens is 243 g/mol. The third-order valence-corrected chi connectivity index (χ3v) is 3.30. The highest BCUT2D eigenvalue weighted by Crippen LogP contribution is 2.36. The summed E-state index contributed by atoms with van der Waals surface area (Å²) in [7, 11) is 0. The SMILES string of the molecule is C1=C(c2ccncc2)C2CCN1CC2.Cl.Cl. The lowest BCUT2D eigenvalue weighted by Crippen LogP contribution is -2.35. The molecule has 0 saturated carbocycles.